The molecule has 1 aromatic rings. The normalized spacial score (nSPS) is 24.0. The average molecular weight is 358 g/mol. The van der Waals surface area contributed by atoms with Gasteiger partial charge in [-0.1, -0.05) is 0 Å². The molecule has 0 unspecified atom stereocenters. The van der Waals surface area contributed by atoms with Gasteiger partial charge in [-0.05, 0) is 37.8 Å². The average Bonchev–Trinajstić information content (AvgIpc) is 3.18. The number of carbonyl (C=O) groups is 1. The lowest BCUT2D eigenvalue weighted by Gasteiger charge is -2.30. The van der Waals surface area contributed by atoms with E-state index in [0.29, 0.717) is 30.8 Å². The van der Waals surface area contributed by atoms with Gasteiger partial charge in [0.1, 0.15) is 0 Å². The summed E-state index contributed by atoms with van der Waals surface area (Å²) in [7, 11) is -3.13. The summed E-state index contributed by atoms with van der Waals surface area (Å²) < 4.78 is 30.1. The highest BCUT2D eigenvalue weighted by Gasteiger charge is 2.27. The molecule has 23 heavy (non-hydrogen) atoms. The van der Waals surface area contributed by atoms with Crippen molar-refractivity contribution in [2.75, 3.05) is 26.0 Å². The molecule has 1 atom stereocenters. The van der Waals surface area contributed by atoms with E-state index in [-0.39, 0.29) is 18.1 Å². The molecule has 6 nitrogen and oxygen atoms in total. The number of amides is 1. The number of nitrogens with zero attached hydrogens (tertiary/aromatic N) is 1. The van der Waals surface area contributed by atoms with Gasteiger partial charge in [-0.3, -0.25) is 4.79 Å². The molecule has 2 fully saturated rings. The SMILES string of the molecule is CS(=O)(=O)N1CCC(NC(=O)c2ccc([C@@H]3CCCO3)s2)CC1. The minimum Gasteiger partial charge on any atom is -0.373 e. The molecule has 0 aromatic carbocycles. The molecule has 0 aliphatic carbocycles. The zero-order valence-corrected chi connectivity index (χ0v) is 14.8. The van der Waals surface area contributed by atoms with Crippen LogP contribution in [0.4, 0.5) is 0 Å². The smallest absolute Gasteiger partial charge is 0.261 e. The van der Waals surface area contributed by atoms with Crippen molar-refractivity contribution in [2.45, 2.75) is 37.8 Å². The first-order chi connectivity index (χ1) is 10.9. The van der Waals surface area contributed by atoms with Gasteiger partial charge in [0.25, 0.3) is 5.91 Å². The van der Waals surface area contributed by atoms with Crippen LogP contribution in [-0.2, 0) is 14.8 Å². The van der Waals surface area contributed by atoms with Crippen LogP contribution in [0.15, 0.2) is 12.1 Å². The van der Waals surface area contributed by atoms with Gasteiger partial charge in [0, 0.05) is 30.6 Å². The third-order valence-corrected chi connectivity index (χ3v) is 6.84. The molecule has 1 aromatic heterocycles. The zero-order chi connectivity index (χ0) is 16.4. The number of hydrogen-bond acceptors (Lipinski definition) is 5. The Kier molecular flexibility index (Phi) is 5.05. The zero-order valence-electron chi connectivity index (χ0n) is 13.2. The van der Waals surface area contributed by atoms with Crippen LogP contribution >= 0.6 is 11.3 Å². The fraction of sp³-hybridized carbons (Fsp3) is 0.667. The summed E-state index contributed by atoms with van der Waals surface area (Å²) in [5.41, 5.74) is 0. The van der Waals surface area contributed by atoms with Gasteiger partial charge in [-0.25, -0.2) is 12.7 Å². The van der Waals surface area contributed by atoms with E-state index < -0.39 is 10.0 Å². The van der Waals surface area contributed by atoms with Gasteiger partial charge < -0.3 is 10.1 Å². The Morgan fingerprint density at radius 2 is 2.04 bits per heavy atom. The third kappa shape index (κ3) is 4.12. The maximum atomic E-state index is 12.3. The molecule has 0 spiro atoms. The van der Waals surface area contributed by atoms with Crippen molar-refractivity contribution in [3.63, 3.8) is 0 Å². The lowest BCUT2D eigenvalue weighted by molar-refractivity contribution is 0.0928. The maximum Gasteiger partial charge on any atom is 0.261 e. The Morgan fingerprint density at radius 1 is 1.30 bits per heavy atom. The summed E-state index contributed by atoms with van der Waals surface area (Å²) in [6.07, 6.45) is 4.77. The Balaban J connectivity index is 1.54. The van der Waals surface area contributed by atoms with Crippen molar-refractivity contribution in [3.05, 3.63) is 21.9 Å². The van der Waals surface area contributed by atoms with E-state index in [1.54, 1.807) is 0 Å². The summed E-state index contributed by atoms with van der Waals surface area (Å²) in [5, 5.41) is 3.02. The fourth-order valence-corrected chi connectivity index (χ4v) is 4.91. The minimum absolute atomic E-state index is 0.0359. The lowest BCUT2D eigenvalue weighted by Crippen LogP contribution is -2.46. The van der Waals surface area contributed by atoms with Crippen molar-refractivity contribution in [1.82, 2.24) is 9.62 Å². The van der Waals surface area contributed by atoms with Gasteiger partial charge in [0.05, 0.1) is 17.2 Å². The van der Waals surface area contributed by atoms with Crippen molar-refractivity contribution < 1.29 is 17.9 Å². The topological polar surface area (TPSA) is 75.7 Å². The molecule has 1 N–H and O–H groups in total. The van der Waals surface area contributed by atoms with Gasteiger partial charge >= 0.3 is 0 Å². The van der Waals surface area contributed by atoms with Crippen LogP contribution < -0.4 is 5.32 Å². The van der Waals surface area contributed by atoms with E-state index in [4.69, 9.17) is 4.74 Å². The quantitative estimate of drug-likeness (QED) is 0.890. The predicted octanol–water partition coefficient (Wildman–Crippen LogP) is 1.75. The number of ether oxygens (including phenoxy) is 1. The van der Waals surface area contributed by atoms with E-state index in [9.17, 15) is 13.2 Å². The second kappa shape index (κ2) is 6.88. The van der Waals surface area contributed by atoms with Crippen LogP contribution in [0.5, 0.6) is 0 Å². The molecular formula is C15H22N2O4S2. The first-order valence-corrected chi connectivity index (χ1v) is 10.6. The standard InChI is InChI=1S/C15H22N2O4S2/c1-23(19,20)17-8-6-11(7-9-17)16-15(18)14-5-4-13(22-14)12-3-2-10-21-12/h4-5,11-12H,2-3,6-10H2,1H3,(H,16,18)/t12-/m0/s1. The van der Waals surface area contributed by atoms with Gasteiger partial charge in [-0.2, -0.15) is 0 Å². The van der Waals surface area contributed by atoms with Crippen LogP contribution in [0.25, 0.3) is 0 Å². The van der Waals surface area contributed by atoms with E-state index in [0.717, 1.165) is 24.3 Å². The van der Waals surface area contributed by atoms with Crippen molar-refractivity contribution in [1.29, 1.82) is 0 Å². The van der Waals surface area contributed by atoms with E-state index in [2.05, 4.69) is 5.32 Å². The van der Waals surface area contributed by atoms with Crippen LogP contribution in [0.1, 0.15) is 46.3 Å². The molecule has 0 bridgehead atoms. The van der Waals surface area contributed by atoms with Crippen molar-refractivity contribution >= 4 is 27.3 Å². The molecule has 2 saturated heterocycles. The second-order valence-electron chi connectivity index (χ2n) is 6.11. The summed E-state index contributed by atoms with van der Waals surface area (Å²) in [6, 6.07) is 3.86. The Morgan fingerprint density at radius 3 is 2.65 bits per heavy atom. The number of carbonyl (C=O) groups excluding carboxylic acids is 1. The highest BCUT2D eigenvalue weighted by molar-refractivity contribution is 7.88. The van der Waals surface area contributed by atoms with Gasteiger partial charge in [-0.15, -0.1) is 11.3 Å². The van der Waals surface area contributed by atoms with Crippen LogP contribution in [0.3, 0.4) is 0 Å². The summed E-state index contributed by atoms with van der Waals surface area (Å²) in [4.78, 5) is 14.2. The fourth-order valence-electron chi connectivity index (χ4n) is 3.04. The summed E-state index contributed by atoms with van der Waals surface area (Å²) in [5.74, 6) is -0.0722. The number of thiophene rings is 1. The van der Waals surface area contributed by atoms with E-state index in [1.165, 1.54) is 21.9 Å². The highest BCUT2D eigenvalue weighted by atomic mass is 32.2. The van der Waals surface area contributed by atoms with Crippen molar-refractivity contribution in [3.8, 4) is 0 Å². The third-order valence-electron chi connectivity index (χ3n) is 4.36. The summed E-state index contributed by atoms with van der Waals surface area (Å²) >= 11 is 1.49. The number of hydrogen-bond donors (Lipinski definition) is 1. The van der Waals surface area contributed by atoms with Gasteiger partial charge in [0.2, 0.25) is 10.0 Å². The Labute approximate surface area is 140 Å². The van der Waals surface area contributed by atoms with Gasteiger partial charge in [0.15, 0.2) is 0 Å². The largest absolute Gasteiger partial charge is 0.373 e. The number of nitrogens with one attached hydrogen (secondary N) is 1. The molecule has 3 heterocycles. The molecule has 2 aliphatic rings. The van der Waals surface area contributed by atoms with Crippen LogP contribution in [0.2, 0.25) is 0 Å². The van der Waals surface area contributed by atoms with E-state index in [1.807, 2.05) is 12.1 Å². The summed E-state index contributed by atoms with van der Waals surface area (Å²) in [6.45, 7) is 1.73. The molecule has 0 saturated carbocycles. The predicted molar refractivity (Wildman–Crippen MR) is 89.2 cm³/mol. The molecular weight excluding hydrogens is 336 g/mol. The first-order valence-electron chi connectivity index (χ1n) is 7.91. The number of piperidine rings is 1. The molecule has 8 heteroatoms. The number of rotatable bonds is 4. The molecule has 2 aliphatic heterocycles. The number of sulfonamides is 1. The Hall–Kier alpha value is -0.960. The lowest BCUT2D eigenvalue weighted by atomic mass is 10.1. The van der Waals surface area contributed by atoms with Crippen LogP contribution in [-0.4, -0.2) is 50.6 Å². The second-order valence-corrected chi connectivity index (χ2v) is 9.21. The monoisotopic (exact) mass is 358 g/mol. The molecule has 3 rings (SSSR count). The molecule has 128 valence electrons. The molecule has 0 radical (unpaired) electrons. The van der Waals surface area contributed by atoms with E-state index >= 15 is 0 Å². The Bertz CT molecular complexity index is 657. The minimum atomic E-state index is -3.13. The van der Waals surface area contributed by atoms with Crippen molar-refractivity contribution in [2.24, 2.45) is 0 Å². The maximum absolute atomic E-state index is 12.3. The van der Waals surface area contributed by atoms with Crippen LogP contribution in [0, 0.1) is 0 Å². The molecule has 1 amide bonds. The highest BCUT2D eigenvalue weighted by Crippen LogP contribution is 2.33. The first kappa shape index (κ1) is 16.9.